The number of hydrogen-bond donors (Lipinski definition) is 0. The molecule has 0 heterocycles. The van der Waals surface area contributed by atoms with Gasteiger partial charge in [-0.15, -0.1) is 0 Å². The maximum Gasteiger partial charge on any atom is 0.416 e. The zero-order chi connectivity index (χ0) is 17.9. The van der Waals surface area contributed by atoms with Crippen LogP contribution in [0.5, 0.6) is 0 Å². The fourth-order valence-electron chi connectivity index (χ4n) is 2.13. The molecule has 0 saturated heterocycles. The average molecular weight is 339 g/mol. The van der Waals surface area contributed by atoms with Gasteiger partial charge in [0.2, 0.25) is 0 Å². The summed E-state index contributed by atoms with van der Waals surface area (Å²) in [6.07, 6.45) is -4.56. The van der Waals surface area contributed by atoms with Gasteiger partial charge in [-0.25, -0.2) is 4.79 Å². The predicted octanol–water partition coefficient (Wildman–Crippen LogP) is 4.46. The second-order valence-corrected chi connectivity index (χ2v) is 4.79. The number of benzene rings is 2. The molecule has 2 rings (SSSR count). The molecule has 126 valence electrons. The van der Waals surface area contributed by atoms with Crippen LogP contribution in [0.4, 0.5) is 18.9 Å². The number of hydrogen-bond acceptors (Lipinski definition) is 4. The largest absolute Gasteiger partial charge is 0.462 e. The number of alkyl halides is 3. The van der Waals surface area contributed by atoms with Crippen LogP contribution in [-0.2, 0) is 10.9 Å². The molecule has 0 atom stereocenters. The lowest BCUT2D eigenvalue weighted by atomic mass is 9.99. The zero-order valence-corrected chi connectivity index (χ0v) is 12.5. The summed E-state index contributed by atoms with van der Waals surface area (Å²) >= 11 is 0. The van der Waals surface area contributed by atoms with Crippen LogP contribution >= 0.6 is 0 Å². The maximum atomic E-state index is 12.8. The molecule has 0 aromatic heterocycles. The number of rotatable bonds is 4. The van der Waals surface area contributed by atoms with Crippen molar-refractivity contribution >= 4 is 11.7 Å². The number of ether oxygens (including phenoxy) is 1. The lowest BCUT2D eigenvalue weighted by Gasteiger charge is -2.10. The fraction of sp³-hybridized carbons (Fsp3) is 0.188. The third-order valence-electron chi connectivity index (χ3n) is 3.21. The molecule has 8 heteroatoms. The first-order valence-electron chi connectivity index (χ1n) is 6.87. The maximum absolute atomic E-state index is 12.8. The Morgan fingerprint density at radius 3 is 2.50 bits per heavy atom. The summed E-state index contributed by atoms with van der Waals surface area (Å²) in [7, 11) is 0. The molecule has 5 nitrogen and oxygen atoms in total. The van der Waals surface area contributed by atoms with E-state index in [0.29, 0.717) is 0 Å². The predicted molar refractivity (Wildman–Crippen MR) is 79.5 cm³/mol. The fourth-order valence-corrected chi connectivity index (χ4v) is 2.13. The third-order valence-corrected chi connectivity index (χ3v) is 3.21. The van der Waals surface area contributed by atoms with Gasteiger partial charge in [-0.1, -0.05) is 12.1 Å². The molecule has 2 aromatic rings. The van der Waals surface area contributed by atoms with E-state index in [1.54, 1.807) is 6.92 Å². The molecule has 0 aliphatic carbocycles. The Bertz CT molecular complexity index is 787. The highest BCUT2D eigenvalue weighted by atomic mass is 19.4. The van der Waals surface area contributed by atoms with Crippen LogP contribution in [0.25, 0.3) is 11.1 Å². The number of carbonyl (C=O) groups excluding carboxylic acids is 1. The zero-order valence-electron chi connectivity index (χ0n) is 12.5. The molecule has 0 aliphatic rings. The van der Waals surface area contributed by atoms with Crippen molar-refractivity contribution < 1.29 is 27.6 Å². The van der Waals surface area contributed by atoms with E-state index in [0.717, 1.165) is 18.2 Å². The van der Waals surface area contributed by atoms with E-state index in [1.165, 1.54) is 24.3 Å². The second-order valence-electron chi connectivity index (χ2n) is 4.79. The summed E-state index contributed by atoms with van der Waals surface area (Å²) < 4.78 is 43.2. The molecule has 0 amide bonds. The molecule has 0 saturated carbocycles. The van der Waals surface area contributed by atoms with Crippen LogP contribution in [-0.4, -0.2) is 17.5 Å². The van der Waals surface area contributed by atoms with Gasteiger partial charge < -0.3 is 4.74 Å². The molecule has 0 radical (unpaired) electrons. The van der Waals surface area contributed by atoms with E-state index in [9.17, 15) is 28.1 Å². The SMILES string of the molecule is CCOC(=O)c1ccc(-c2cccc(C(F)(F)F)c2)c([N+](=O)[O-])c1. The highest BCUT2D eigenvalue weighted by Gasteiger charge is 2.31. The Balaban J connectivity index is 2.55. The van der Waals surface area contributed by atoms with E-state index < -0.39 is 28.3 Å². The monoisotopic (exact) mass is 339 g/mol. The third kappa shape index (κ3) is 3.70. The highest BCUT2D eigenvalue weighted by Crippen LogP contribution is 2.35. The minimum atomic E-state index is -4.56. The van der Waals surface area contributed by atoms with E-state index in [1.807, 2.05) is 0 Å². The van der Waals surface area contributed by atoms with Crippen molar-refractivity contribution in [2.45, 2.75) is 13.1 Å². The molecule has 2 aromatic carbocycles. The van der Waals surface area contributed by atoms with E-state index in [-0.39, 0.29) is 23.3 Å². The Morgan fingerprint density at radius 1 is 1.21 bits per heavy atom. The van der Waals surface area contributed by atoms with Crippen molar-refractivity contribution in [2.24, 2.45) is 0 Å². The van der Waals surface area contributed by atoms with Crippen LogP contribution in [0.2, 0.25) is 0 Å². The molecular formula is C16H12F3NO4. The number of nitro benzene ring substituents is 1. The summed E-state index contributed by atoms with van der Waals surface area (Å²) in [5, 5.41) is 11.2. The molecular weight excluding hydrogens is 327 g/mol. The summed E-state index contributed by atoms with van der Waals surface area (Å²) in [5.41, 5.74) is -1.41. The topological polar surface area (TPSA) is 69.4 Å². The lowest BCUT2D eigenvalue weighted by molar-refractivity contribution is -0.384. The molecule has 24 heavy (non-hydrogen) atoms. The first-order chi connectivity index (χ1) is 11.2. The molecule has 0 fully saturated rings. The van der Waals surface area contributed by atoms with Gasteiger partial charge in [-0.05, 0) is 36.8 Å². The van der Waals surface area contributed by atoms with Gasteiger partial charge in [0.1, 0.15) is 0 Å². The van der Waals surface area contributed by atoms with Crippen LogP contribution in [0.1, 0.15) is 22.8 Å². The van der Waals surface area contributed by atoms with Gasteiger partial charge in [0, 0.05) is 6.07 Å². The molecule has 0 spiro atoms. The summed E-state index contributed by atoms with van der Waals surface area (Å²) in [4.78, 5) is 22.1. The number of carbonyl (C=O) groups is 1. The Labute approximate surface area is 134 Å². The van der Waals surface area contributed by atoms with Gasteiger partial charge >= 0.3 is 12.1 Å². The van der Waals surface area contributed by atoms with Gasteiger partial charge in [-0.3, -0.25) is 10.1 Å². The van der Waals surface area contributed by atoms with Crippen LogP contribution in [0, 0.1) is 10.1 Å². The normalized spacial score (nSPS) is 11.2. The first kappa shape index (κ1) is 17.5. The Kier molecular flexibility index (Phi) is 4.87. The minimum absolute atomic E-state index is 0.0147. The molecule has 0 aliphatic heterocycles. The van der Waals surface area contributed by atoms with Crippen molar-refractivity contribution in [2.75, 3.05) is 6.61 Å². The quantitative estimate of drug-likeness (QED) is 0.468. The number of nitrogens with zero attached hydrogens (tertiary/aromatic N) is 1. The molecule has 0 bridgehead atoms. The van der Waals surface area contributed by atoms with Crippen LogP contribution in [0.3, 0.4) is 0 Å². The van der Waals surface area contributed by atoms with Gasteiger partial charge in [0.15, 0.2) is 0 Å². The Hall–Kier alpha value is -2.90. The molecule has 0 unspecified atom stereocenters. The van der Waals surface area contributed by atoms with Crippen molar-refractivity contribution in [1.29, 1.82) is 0 Å². The van der Waals surface area contributed by atoms with Gasteiger partial charge in [0.05, 0.1) is 28.2 Å². The van der Waals surface area contributed by atoms with E-state index >= 15 is 0 Å². The first-order valence-corrected chi connectivity index (χ1v) is 6.87. The molecule has 0 N–H and O–H groups in total. The van der Waals surface area contributed by atoms with Crippen molar-refractivity contribution in [1.82, 2.24) is 0 Å². The van der Waals surface area contributed by atoms with E-state index in [4.69, 9.17) is 4.74 Å². The minimum Gasteiger partial charge on any atom is -0.462 e. The lowest BCUT2D eigenvalue weighted by Crippen LogP contribution is -2.06. The Morgan fingerprint density at radius 2 is 1.92 bits per heavy atom. The van der Waals surface area contributed by atoms with Crippen molar-refractivity contribution in [3.8, 4) is 11.1 Å². The van der Waals surface area contributed by atoms with Crippen molar-refractivity contribution in [3.63, 3.8) is 0 Å². The van der Waals surface area contributed by atoms with Crippen LogP contribution in [0.15, 0.2) is 42.5 Å². The number of esters is 1. The summed E-state index contributed by atoms with van der Waals surface area (Å²) in [6.45, 7) is 1.69. The van der Waals surface area contributed by atoms with Gasteiger partial charge in [0.25, 0.3) is 5.69 Å². The number of nitro groups is 1. The summed E-state index contributed by atoms with van der Waals surface area (Å²) in [5.74, 6) is -0.740. The van der Waals surface area contributed by atoms with Gasteiger partial charge in [-0.2, -0.15) is 13.2 Å². The van der Waals surface area contributed by atoms with Crippen molar-refractivity contribution in [3.05, 3.63) is 63.7 Å². The smallest absolute Gasteiger partial charge is 0.416 e. The number of halogens is 3. The highest BCUT2D eigenvalue weighted by molar-refractivity contribution is 5.92. The second kappa shape index (κ2) is 6.69. The average Bonchev–Trinajstić information content (AvgIpc) is 2.53. The standard InChI is InChI=1S/C16H12F3NO4/c1-2-24-15(21)11-6-7-13(14(9-11)20(22)23)10-4-3-5-12(8-10)16(17,18)19/h3-9H,2H2,1H3. The summed E-state index contributed by atoms with van der Waals surface area (Å²) in [6, 6.07) is 7.71. The van der Waals surface area contributed by atoms with Crippen LogP contribution < -0.4 is 0 Å². The van der Waals surface area contributed by atoms with E-state index in [2.05, 4.69) is 0 Å².